The third-order valence-electron chi connectivity index (χ3n) is 4.15. The topological polar surface area (TPSA) is 72.4 Å². The number of aromatic nitrogens is 4. The Morgan fingerprint density at radius 3 is 2.54 bits per heavy atom. The van der Waals surface area contributed by atoms with Gasteiger partial charge in [0.25, 0.3) is 5.56 Å². The van der Waals surface area contributed by atoms with Gasteiger partial charge in [0.05, 0.1) is 29.4 Å². The molecule has 1 N–H and O–H groups in total. The molecule has 4 aromatic rings. The Morgan fingerprint density at radius 2 is 1.77 bits per heavy atom. The van der Waals surface area contributed by atoms with E-state index in [1.54, 1.807) is 13.0 Å². The molecule has 0 aliphatic carbocycles. The summed E-state index contributed by atoms with van der Waals surface area (Å²) in [4.78, 5) is 12.1. The SMILES string of the molecule is CC(O)Cn1nc(-c2c(-c3ccccc3)nn3ccccc23)ccc1=O. The fourth-order valence-corrected chi connectivity index (χ4v) is 3.01. The zero-order chi connectivity index (χ0) is 18.1. The number of benzene rings is 1. The van der Waals surface area contributed by atoms with Gasteiger partial charge >= 0.3 is 0 Å². The number of nitrogens with zero attached hydrogens (tertiary/aromatic N) is 4. The third-order valence-corrected chi connectivity index (χ3v) is 4.15. The van der Waals surface area contributed by atoms with E-state index in [0.29, 0.717) is 5.69 Å². The molecule has 3 heterocycles. The van der Waals surface area contributed by atoms with Crippen molar-refractivity contribution < 1.29 is 5.11 Å². The maximum absolute atomic E-state index is 12.1. The molecule has 0 bridgehead atoms. The minimum absolute atomic E-state index is 0.145. The fraction of sp³-hybridized carbons (Fsp3) is 0.150. The lowest BCUT2D eigenvalue weighted by Gasteiger charge is -2.09. The average molecular weight is 346 g/mol. The Bertz CT molecular complexity index is 1110. The Kier molecular flexibility index (Phi) is 4.10. The second-order valence-corrected chi connectivity index (χ2v) is 6.21. The van der Waals surface area contributed by atoms with E-state index in [2.05, 4.69) is 5.10 Å². The van der Waals surface area contributed by atoms with Gasteiger partial charge in [-0.2, -0.15) is 10.2 Å². The van der Waals surface area contributed by atoms with Gasteiger partial charge < -0.3 is 5.11 Å². The van der Waals surface area contributed by atoms with Crippen LogP contribution in [0.5, 0.6) is 0 Å². The summed E-state index contributed by atoms with van der Waals surface area (Å²) in [5.74, 6) is 0. The number of rotatable bonds is 4. The van der Waals surface area contributed by atoms with Crippen LogP contribution in [0.2, 0.25) is 0 Å². The summed E-state index contributed by atoms with van der Waals surface area (Å²) in [5.41, 5.74) is 3.93. The molecule has 6 heteroatoms. The Hall–Kier alpha value is -3.25. The van der Waals surface area contributed by atoms with Crippen molar-refractivity contribution in [2.24, 2.45) is 0 Å². The predicted molar refractivity (Wildman–Crippen MR) is 99.8 cm³/mol. The lowest BCUT2D eigenvalue weighted by atomic mass is 10.0. The van der Waals surface area contributed by atoms with Gasteiger partial charge in [0.2, 0.25) is 0 Å². The van der Waals surface area contributed by atoms with Crippen LogP contribution in [0.3, 0.4) is 0 Å². The van der Waals surface area contributed by atoms with Crippen LogP contribution in [0.1, 0.15) is 6.92 Å². The molecule has 26 heavy (non-hydrogen) atoms. The van der Waals surface area contributed by atoms with Crippen molar-refractivity contribution in [1.82, 2.24) is 19.4 Å². The van der Waals surface area contributed by atoms with E-state index < -0.39 is 6.10 Å². The molecule has 0 aliphatic heterocycles. The summed E-state index contributed by atoms with van der Waals surface area (Å²) >= 11 is 0. The lowest BCUT2D eigenvalue weighted by molar-refractivity contribution is 0.166. The van der Waals surface area contributed by atoms with Crippen molar-refractivity contribution in [2.75, 3.05) is 0 Å². The molecule has 0 fully saturated rings. The molecule has 0 saturated heterocycles. The quantitative estimate of drug-likeness (QED) is 0.616. The second-order valence-electron chi connectivity index (χ2n) is 6.21. The zero-order valence-electron chi connectivity index (χ0n) is 14.3. The van der Waals surface area contributed by atoms with Gasteiger partial charge in [0.15, 0.2) is 0 Å². The smallest absolute Gasteiger partial charge is 0.266 e. The first-order chi connectivity index (χ1) is 12.6. The first kappa shape index (κ1) is 16.2. The molecule has 1 aromatic carbocycles. The monoisotopic (exact) mass is 346 g/mol. The molecule has 0 aliphatic rings. The highest BCUT2D eigenvalue weighted by Crippen LogP contribution is 2.33. The van der Waals surface area contributed by atoms with E-state index in [0.717, 1.165) is 22.3 Å². The number of hydrogen-bond acceptors (Lipinski definition) is 4. The predicted octanol–water partition coefficient (Wildman–Crippen LogP) is 2.61. The maximum Gasteiger partial charge on any atom is 0.266 e. The van der Waals surface area contributed by atoms with Crippen LogP contribution in [-0.2, 0) is 6.54 Å². The van der Waals surface area contributed by atoms with Crippen molar-refractivity contribution in [3.63, 3.8) is 0 Å². The second kappa shape index (κ2) is 6.57. The van der Waals surface area contributed by atoms with E-state index in [4.69, 9.17) is 5.10 Å². The number of aliphatic hydroxyl groups excluding tert-OH is 1. The molecule has 6 nitrogen and oxygen atoms in total. The first-order valence-electron chi connectivity index (χ1n) is 8.43. The molecular formula is C20H18N4O2. The van der Waals surface area contributed by atoms with Gasteiger partial charge in [-0.25, -0.2) is 9.20 Å². The van der Waals surface area contributed by atoms with Crippen LogP contribution >= 0.6 is 0 Å². The summed E-state index contributed by atoms with van der Waals surface area (Å²) in [7, 11) is 0. The number of aliphatic hydroxyl groups is 1. The van der Waals surface area contributed by atoms with Crippen LogP contribution in [0.4, 0.5) is 0 Å². The molecule has 1 atom stereocenters. The van der Waals surface area contributed by atoms with Crippen LogP contribution in [0.25, 0.3) is 28.0 Å². The van der Waals surface area contributed by atoms with E-state index >= 15 is 0 Å². The molecule has 0 spiro atoms. The highest BCUT2D eigenvalue weighted by atomic mass is 16.3. The third kappa shape index (κ3) is 2.91. The number of hydrogen-bond donors (Lipinski definition) is 1. The van der Waals surface area contributed by atoms with Crippen LogP contribution in [-0.4, -0.2) is 30.6 Å². The summed E-state index contributed by atoms with van der Waals surface area (Å²) in [6.45, 7) is 1.78. The summed E-state index contributed by atoms with van der Waals surface area (Å²) < 4.78 is 3.10. The van der Waals surface area contributed by atoms with E-state index in [9.17, 15) is 9.90 Å². The van der Waals surface area contributed by atoms with Crippen LogP contribution in [0.15, 0.2) is 71.7 Å². The standard InChI is InChI=1S/C20H18N4O2/c1-14(25)13-24-18(26)11-10-16(21-24)19-17-9-5-6-12-23(17)22-20(19)15-7-3-2-4-8-15/h2-12,14,25H,13H2,1H3. The number of pyridine rings is 1. The summed E-state index contributed by atoms with van der Waals surface area (Å²) in [6, 6.07) is 18.9. The molecule has 0 radical (unpaired) electrons. The minimum Gasteiger partial charge on any atom is -0.391 e. The van der Waals surface area contributed by atoms with Crippen molar-refractivity contribution >= 4 is 5.52 Å². The molecule has 0 amide bonds. The first-order valence-corrected chi connectivity index (χ1v) is 8.43. The molecule has 4 rings (SSSR count). The average Bonchev–Trinajstić information content (AvgIpc) is 3.03. The van der Waals surface area contributed by atoms with Gasteiger partial charge in [-0.15, -0.1) is 0 Å². The van der Waals surface area contributed by atoms with E-state index in [-0.39, 0.29) is 12.1 Å². The van der Waals surface area contributed by atoms with Crippen LogP contribution in [0, 0.1) is 0 Å². The Labute approximate surface area is 150 Å². The molecular weight excluding hydrogens is 328 g/mol. The zero-order valence-corrected chi connectivity index (χ0v) is 14.3. The molecule has 0 saturated carbocycles. The van der Waals surface area contributed by atoms with Gasteiger partial charge in [0, 0.05) is 17.8 Å². The van der Waals surface area contributed by atoms with Gasteiger partial charge in [-0.05, 0) is 25.1 Å². The Morgan fingerprint density at radius 1 is 1.00 bits per heavy atom. The van der Waals surface area contributed by atoms with E-state index in [1.165, 1.54) is 10.7 Å². The highest BCUT2D eigenvalue weighted by Gasteiger charge is 2.18. The van der Waals surface area contributed by atoms with Gasteiger partial charge in [-0.3, -0.25) is 4.79 Å². The van der Waals surface area contributed by atoms with Crippen LogP contribution < -0.4 is 5.56 Å². The lowest BCUT2D eigenvalue weighted by Crippen LogP contribution is -2.27. The molecule has 1 unspecified atom stereocenters. The van der Waals surface area contributed by atoms with Crippen molar-refractivity contribution in [2.45, 2.75) is 19.6 Å². The number of fused-ring (bicyclic) bond motifs is 1. The summed E-state index contributed by atoms with van der Waals surface area (Å²) in [5, 5.41) is 18.8. The largest absolute Gasteiger partial charge is 0.391 e. The minimum atomic E-state index is -0.659. The van der Waals surface area contributed by atoms with Crippen molar-refractivity contribution in [3.8, 4) is 22.5 Å². The van der Waals surface area contributed by atoms with Crippen molar-refractivity contribution in [3.05, 3.63) is 77.2 Å². The molecule has 130 valence electrons. The molecule has 3 aromatic heterocycles. The van der Waals surface area contributed by atoms with Crippen molar-refractivity contribution in [1.29, 1.82) is 0 Å². The normalized spacial score (nSPS) is 12.4. The highest BCUT2D eigenvalue weighted by molar-refractivity contribution is 5.90. The van der Waals surface area contributed by atoms with Gasteiger partial charge in [-0.1, -0.05) is 36.4 Å². The summed E-state index contributed by atoms with van der Waals surface area (Å²) in [6.07, 6.45) is 1.23. The van der Waals surface area contributed by atoms with E-state index in [1.807, 2.05) is 59.2 Å². The Balaban J connectivity index is 1.98. The maximum atomic E-state index is 12.1. The van der Waals surface area contributed by atoms with Gasteiger partial charge in [0.1, 0.15) is 5.69 Å². The fourth-order valence-electron chi connectivity index (χ4n) is 3.01.